The number of nitrogens with zero attached hydrogens (tertiary/aromatic N) is 2. The molecule has 192 valence electrons. The van der Waals surface area contributed by atoms with E-state index in [1.54, 1.807) is 25.7 Å². The highest BCUT2D eigenvalue weighted by Crippen LogP contribution is 2.42. The zero-order valence-electron chi connectivity index (χ0n) is 22.4. The Morgan fingerprint density at radius 3 is 1.67 bits per heavy atom. The zero-order valence-corrected chi connectivity index (χ0v) is 22.4. The van der Waals surface area contributed by atoms with E-state index >= 15 is 0 Å². The fraction of sp³-hybridized carbons (Fsp3) is 0.840. The predicted octanol–water partition coefficient (Wildman–Crippen LogP) is 3.87. The summed E-state index contributed by atoms with van der Waals surface area (Å²) in [7, 11) is 0. The van der Waals surface area contributed by atoms with Crippen molar-refractivity contribution >= 4 is 24.8 Å². The van der Waals surface area contributed by atoms with E-state index < -0.39 is 22.2 Å². The number of esters is 2. The maximum atomic E-state index is 12.9. The van der Waals surface area contributed by atoms with Crippen LogP contribution in [0.5, 0.6) is 0 Å². The lowest BCUT2D eigenvalue weighted by Gasteiger charge is -2.40. The number of hydrogen-bond donors (Lipinski definition) is 0. The monoisotopic (exact) mass is 470 g/mol. The van der Waals surface area contributed by atoms with E-state index in [1.165, 1.54) is 4.90 Å². The van der Waals surface area contributed by atoms with Crippen LogP contribution in [0, 0.1) is 21.7 Å². The summed E-state index contributed by atoms with van der Waals surface area (Å²) in [5.74, 6) is -0.712. The Hall–Kier alpha value is -2.12. The van der Waals surface area contributed by atoms with Crippen LogP contribution in [0.15, 0.2) is 0 Å². The molecule has 0 saturated heterocycles. The van der Waals surface area contributed by atoms with Gasteiger partial charge in [-0.25, -0.2) is 0 Å². The maximum absolute atomic E-state index is 12.9. The molecule has 33 heavy (non-hydrogen) atoms. The zero-order chi connectivity index (χ0) is 26.1. The molecule has 0 aliphatic carbocycles. The topological polar surface area (TPSA) is 93.2 Å². The van der Waals surface area contributed by atoms with Gasteiger partial charge in [0.25, 0.3) is 0 Å². The van der Waals surface area contributed by atoms with Crippen LogP contribution in [-0.4, -0.2) is 67.5 Å². The third-order valence-electron chi connectivity index (χ3n) is 6.26. The molecule has 0 aliphatic rings. The molecule has 0 saturated carbocycles. The van der Waals surface area contributed by atoms with Gasteiger partial charge in [-0.3, -0.25) is 19.2 Å². The fourth-order valence-corrected chi connectivity index (χ4v) is 2.65. The molecule has 0 aromatic carbocycles. The summed E-state index contributed by atoms with van der Waals surface area (Å²) < 4.78 is 10.7. The molecule has 0 aromatic heterocycles. The van der Waals surface area contributed by atoms with Gasteiger partial charge in [-0.2, -0.15) is 0 Å². The molecular weight excluding hydrogens is 424 g/mol. The fourth-order valence-electron chi connectivity index (χ4n) is 2.65. The highest BCUT2D eigenvalue weighted by Gasteiger charge is 2.44. The largest absolute Gasteiger partial charge is 0.463 e. The molecule has 8 nitrogen and oxygen atoms in total. The van der Waals surface area contributed by atoms with Crippen LogP contribution in [0.1, 0.15) is 82.1 Å². The molecule has 0 radical (unpaired) electrons. The number of hydrogen-bond acceptors (Lipinski definition) is 6. The van der Waals surface area contributed by atoms with E-state index in [1.807, 2.05) is 27.7 Å². The standard InChI is InChI=1S/C25H46N2O6/c1-22(2,3)11-13-27(18-29)19-33-21(31)25(9,10)24(7,8)12-14-26(17-28)15-16-32-20(30)23(4,5)6/h17-18H,11-16,19H2,1-10H3. The molecule has 0 aromatic rings. The lowest BCUT2D eigenvalue weighted by atomic mass is 9.66. The summed E-state index contributed by atoms with van der Waals surface area (Å²) >= 11 is 0. The predicted molar refractivity (Wildman–Crippen MR) is 128 cm³/mol. The summed E-state index contributed by atoms with van der Waals surface area (Å²) in [6.07, 6.45) is 2.77. The molecule has 0 atom stereocenters. The summed E-state index contributed by atoms with van der Waals surface area (Å²) in [6, 6.07) is 0. The molecular formula is C25H46N2O6. The van der Waals surface area contributed by atoms with Crippen molar-refractivity contribution in [2.24, 2.45) is 21.7 Å². The molecule has 0 unspecified atom stereocenters. The quantitative estimate of drug-likeness (QED) is 0.217. The molecule has 0 fully saturated rings. The van der Waals surface area contributed by atoms with E-state index in [0.717, 1.165) is 12.8 Å². The Labute approximate surface area is 200 Å². The number of ether oxygens (including phenoxy) is 2. The Kier molecular flexibility index (Phi) is 11.6. The second-order valence-electron chi connectivity index (χ2n) is 12.1. The lowest BCUT2D eigenvalue weighted by Crippen LogP contribution is -2.44. The third-order valence-corrected chi connectivity index (χ3v) is 6.26. The molecule has 2 amide bonds. The van der Waals surface area contributed by atoms with Crippen molar-refractivity contribution in [2.45, 2.75) is 82.1 Å². The second-order valence-corrected chi connectivity index (χ2v) is 12.1. The number of carbonyl (C=O) groups is 4. The van der Waals surface area contributed by atoms with Crippen LogP contribution in [0.2, 0.25) is 0 Å². The molecule has 0 N–H and O–H groups in total. The Morgan fingerprint density at radius 2 is 1.21 bits per heavy atom. The molecule has 0 rings (SSSR count). The van der Waals surface area contributed by atoms with Gasteiger partial charge >= 0.3 is 11.9 Å². The van der Waals surface area contributed by atoms with Crippen molar-refractivity contribution in [1.29, 1.82) is 0 Å². The number of rotatable bonds is 14. The van der Waals surface area contributed by atoms with Gasteiger partial charge < -0.3 is 19.3 Å². The van der Waals surface area contributed by atoms with Gasteiger partial charge in [-0.15, -0.1) is 0 Å². The summed E-state index contributed by atoms with van der Waals surface area (Å²) in [5.41, 5.74) is -1.86. The van der Waals surface area contributed by atoms with Gasteiger partial charge in [-0.1, -0.05) is 34.6 Å². The van der Waals surface area contributed by atoms with Crippen molar-refractivity contribution in [3.8, 4) is 0 Å². The molecule has 0 bridgehead atoms. The molecule has 0 spiro atoms. The van der Waals surface area contributed by atoms with E-state index in [4.69, 9.17) is 9.47 Å². The first kappa shape index (κ1) is 30.9. The van der Waals surface area contributed by atoms with Crippen molar-refractivity contribution in [1.82, 2.24) is 9.80 Å². The summed E-state index contributed by atoms with van der Waals surface area (Å²) in [4.78, 5) is 50.6. The van der Waals surface area contributed by atoms with Gasteiger partial charge in [-0.05, 0) is 58.3 Å². The highest BCUT2D eigenvalue weighted by atomic mass is 16.5. The van der Waals surface area contributed by atoms with E-state index in [-0.39, 0.29) is 31.3 Å². The van der Waals surface area contributed by atoms with E-state index in [0.29, 0.717) is 25.9 Å². The summed E-state index contributed by atoms with van der Waals surface area (Å²) in [6.45, 7) is 20.4. The molecule has 8 heteroatoms. The molecule has 0 aliphatic heterocycles. The smallest absolute Gasteiger partial charge is 0.313 e. The van der Waals surface area contributed by atoms with Crippen LogP contribution in [0.25, 0.3) is 0 Å². The van der Waals surface area contributed by atoms with Gasteiger partial charge in [0.2, 0.25) is 12.8 Å². The minimum absolute atomic E-state index is 0.0715. The van der Waals surface area contributed by atoms with Gasteiger partial charge in [0.15, 0.2) is 6.73 Å². The second kappa shape index (κ2) is 12.4. The normalized spacial score (nSPS) is 12.7. The third kappa shape index (κ3) is 11.0. The Bertz CT molecular complexity index is 659. The van der Waals surface area contributed by atoms with Gasteiger partial charge in [0.05, 0.1) is 17.4 Å². The van der Waals surface area contributed by atoms with Crippen LogP contribution in [0.3, 0.4) is 0 Å². The van der Waals surface area contributed by atoms with Crippen LogP contribution < -0.4 is 0 Å². The van der Waals surface area contributed by atoms with Crippen molar-refractivity contribution in [2.75, 3.05) is 33.0 Å². The van der Waals surface area contributed by atoms with Crippen LogP contribution in [-0.2, 0) is 28.7 Å². The highest BCUT2D eigenvalue weighted by molar-refractivity contribution is 5.77. The van der Waals surface area contributed by atoms with Crippen molar-refractivity contribution in [3.05, 3.63) is 0 Å². The first-order valence-electron chi connectivity index (χ1n) is 11.6. The first-order valence-corrected chi connectivity index (χ1v) is 11.6. The lowest BCUT2D eigenvalue weighted by molar-refractivity contribution is -0.167. The minimum atomic E-state index is -0.848. The average molecular weight is 471 g/mol. The van der Waals surface area contributed by atoms with E-state index in [9.17, 15) is 19.2 Å². The van der Waals surface area contributed by atoms with Gasteiger partial charge in [0.1, 0.15) is 6.61 Å². The van der Waals surface area contributed by atoms with Crippen molar-refractivity contribution in [3.63, 3.8) is 0 Å². The van der Waals surface area contributed by atoms with Crippen molar-refractivity contribution < 1.29 is 28.7 Å². The van der Waals surface area contributed by atoms with E-state index in [2.05, 4.69) is 20.8 Å². The minimum Gasteiger partial charge on any atom is -0.463 e. The average Bonchev–Trinajstić information content (AvgIpc) is 2.68. The number of carbonyl (C=O) groups excluding carboxylic acids is 4. The number of amides is 2. The Morgan fingerprint density at radius 1 is 0.697 bits per heavy atom. The van der Waals surface area contributed by atoms with Crippen LogP contribution in [0.4, 0.5) is 0 Å². The first-order chi connectivity index (χ1) is 14.9. The van der Waals surface area contributed by atoms with Crippen LogP contribution >= 0.6 is 0 Å². The van der Waals surface area contributed by atoms with Gasteiger partial charge in [0, 0.05) is 13.1 Å². The maximum Gasteiger partial charge on any atom is 0.313 e. The SMILES string of the molecule is CC(C)(C)CCN(C=O)COC(=O)C(C)(C)C(C)(C)CCN(C=O)CCOC(=O)C(C)(C)C. The summed E-state index contributed by atoms with van der Waals surface area (Å²) in [5, 5.41) is 0. The Balaban J connectivity index is 4.81. The molecule has 0 heterocycles.